The average molecular weight is 162 g/mol. The summed E-state index contributed by atoms with van der Waals surface area (Å²) in [7, 11) is 0. The Labute approximate surface area is 68.0 Å². The molecule has 0 saturated carbocycles. The Kier molecular flexibility index (Phi) is 11.2. The van der Waals surface area contributed by atoms with E-state index in [2.05, 4.69) is 13.8 Å². The van der Waals surface area contributed by atoms with Gasteiger partial charge in [0.15, 0.2) is 0 Å². The SMILES string of the molecule is CCC.CCC(O)CC(=O)O. The lowest BCUT2D eigenvalue weighted by Crippen LogP contribution is -2.10. The van der Waals surface area contributed by atoms with Crippen molar-refractivity contribution in [2.75, 3.05) is 0 Å². The lowest BCUT2D eigenvalue weighted by molar-refractivity contribution is -0.139. The standard InChI is InChI=1S/C5H10O3.C3H8/c1-2-4(6)3-5(7)8;1-3-2/h4,6H,2-3H2,1H3,(H,7,8);3H2,1-2H3. The summed E-state index contributed by atoms with van der Waals surface area (Å²) in [5.74, 6) is -0.945. The lowest BCUT2D eigenvalue weighted by atomic mass is 10.2. The first kappa shape index (κ1) is 13.1. The van der Waals surface area contributed by atoms with Crippen LogP contribution in [0.25, 0.3) is 0 Å². The van der Waals surface area contributed by atoms with Crippen molar-refractivity contribution in [3.63, 3.8) is 0 Å². The third-order valence-electron chi connectivity index (χ3n) is 0.881. The predicted molar refractivity (Wildman–Crippen MR) is 44.5 cm³/mol. The van der Waals surface area contributed by atoms with Crippen molar-refractivity contribution < 1.29 is 15.0 Å². The van der Waals surface area contributed by atoms with Gasteiger partial charge in [-0.2, -0.15) is 0 Å². The molecule has 0 spiro atoms. The minimum atomic E-state index is -0.945. The van der Waals surface area contributed by atoms with Gasteiger partial charge in [0, 0.05) is 0 Å². The van der Waals surface area contributed by atoms with Crippen LogP contribution in [0.5, 0.6) is 0 Å². The number of carboxylic acids is 1. The van der Waals surface area contributed by atoms with Gasteiger partial charge in [-0.3, -0.25) is 4.79 Å². The van der Waals surface area contributed by atoms with E-state index in [9.17, 15) is 4.79 Å². The first-order chi connectivity index (χ1) is 5.08. The molecule has 0 fully saturated rings. The Hall–Kier alpha value is -0.570. The van der Waals surface area contributed by atoms with E-state index >= 15 is 0 Å². The van der Waals surface area contributed by atoms with E-state index in [-0.39, 0.29) is 6.42 Å². The van der Waals surface area contributed by atoms with Gasteiger partial charge in [-0.05, 0) is 6.42 Å². The Morgan fingerprint density at radius 1 is 1.36 bits per heavy atom. The zero-order valence-electron chi connectivity index (χ0n) is 7.50. The van der Waals surface area contributed by atoms with Crippen LogP contribution < -0.4 is 0 Å². The molecule has 0 aromatic rings. The summed E-state index contributed by atoms with van der Waals surface area (Å²) < 4.78 is 0. The molecule has 0 radical (unpaired) electrons. The van der Waals surface area contributed by atoms with Gasteiger partial charge in [-0.25, -0.2) is 0 Å². The predicted octanol–water partition coefficient (Wildman–Crippen LogP) is 1.65. The van der Waals surface area contributed by atoms with E-state index in [1.165, 1.54) is 6.42 Å². The van der Waals surface area contributed by atoms with Gasteiger partial charge in [0.25, 0.3) is 0 Å². The molecule has 0 aliphatic heterocycles. The summed E-state index contributed by atoms with van der Waals surface area (Å²) in [6, 6.07) is 0. The molecule has 11 heavy (non-hydrogen) atoms. The lowest BCUT2D eigenvalue weighted by Gasteiger charge is -2.00. The Balaban J connectivity index is 0. The van der Waals surface area contributed by atoms with E-state index in [4.69, 9.17) is 10.2 Å². The number of hydrogen-bond acceptors (Lipinski definition) is 2. The maximum absolute atomic E-state index is 9.81. The maximum Gasteiger partial charge on any atom is 0.305 e. The Morgan fingerprint density at radius 3 is 1.82 bits per heavy atom. The fourth-order valence-corrected chi connectivity index (χ4v) is 0.346. The van der Waals surface area contributed by atoms with Crippen molar-refractivity contribution in [2.24, 2.45) is 0 Å². The molecule has 0 rings (SSSR count). The summed E-state index contributed by atoms with van der Waals surface area (Å²) in [6.07, 6.45) is 0.940. The molecule has 0 aliphatic rings. The van der Waals surface area contributed by atoms with Crippen LogP contribution in [-0.4, -0.2) is 22.3 Å². The summed E-state index contributed by atoms with van der Waals surface area (Å²) in [4.78, 5) is 9.81. The maximum atomic E-state index is 9.81. The highest BCUT2D eigenvalue weighted by atomic mass is 16.4. The minimum Gasteiger partial charge on any atom is -0.481 e. The van der Waals surface area contributed by atoms with Crippen molar-refractivity contribution in [2.45, 2.75) is 46.1 Å². The van der Waals surface area contributed by atoms with E-state index < -0.39 is 12.1 Å². The number of hydrogen-bond donors (Lipinski definition) is 2. The first-order valence-corrected chi connectivity index (χ1v) is 3.98. The smallest absolute Gasteiger partial charge is 0.305 e. The van der Waals surface area contributed by atoms with Gasteiger partial charge < -0.3 is 10.2 Å². The topological polar surface area (TPSA) is 57.5 Å². The molecule has 2 N–H and O–H groups in total. The average Bonchev–Trinajstić information content (AvgIpc) is 1.88. The zero-order valence-corrected chi connectivity index (χ0v) is 7.50. The van der Waals surface area contributed by atoms with Gasteiger partial charge in [0.1, 0.15) is 0 Å². The van der Waals surface area contributed by atoms with Gasteiger partial charge in [0.2, 0.25) is 0 Å². The fourth-order valence-electron chi connectivity index (χ4n) is 0.346. The molecule has 68 valence electrons. The van der Waals surface area contributed by atoms with Crippen LogP contribution in [0.2, 0.25) is 0 Å². The molecule has 0 saturated heterocycles. The third-order valence-corrected chi connectivity index (χ3v) is 0.881. The number of aliphatic hydroxyl groups is 1. The van der Waals surface area contributed by atoms with Crippen LogP contribution in [0.3, 0.4) is 0 Å². The number of carboxylic acid groups (broad SMARTS) is 1. The van der Waals surface area contributed by atoms with Crippen molar-refractivity contribution in [3.8, 4) is 0 Å². The zero-order chi connectivity index (χ0) is 9.28. The molecule has 1 unspecified atom stereocenters. The fraction of sp³-hybridized carbons (Fsp3) is 0.875. The second-order valence-corrected chi connectivity index (χ2v) is 2.37. The first-order valence-electron chi connectivity index (χ1n) is 3.98. The summed E-state index contributed by atoms with van der Waals surface area (Å²) in [6.45, 7) is 5.99. The molecule has 3 nitrogen and oxygen atoms in total. The van der Waals surface area contributed by atoms with Crippen LogP contribution in [0.4, 0.5) is 0 Å². The van der Waals surface area contributed by atoms with Crippen molar-refractivity contribution in [3.05, 3.63) is 0 Å². The Morgan fingerprint density at radius 2 is 1.73 bits per heavy atom. The van der Waals surface area contributed by atoms with E-state index in [0.717, 1.165) is 0 Å². The van der Waals surface area contributed by atoms with Crippen molar-refractivity contribution in [1.29, 1.82) is 0 Å². The number of aliphatic carboxylic acids is 1. The highest BCUT2D eigenvalue weighted by Crippen LogP contribution is 1.94. The van der Waals surface area contributed by atoms with Crippen LogP contribution in [0, 0.1) is 0 Å². The number of aliphatic hydroxyl groups excluding tert-OH is 1. The van der Waals surface area contributed by atoms with E-state index in [0.29, 0.717) is 6.42 Å². The quantitative estimate of drug-likeness (QED) is 0.663. The molecule has 0 aliphatic carbocycles. The molecule has 0 aromatic carbocycles. The summed E-state index contributed by atoms with van der Waals surface area (Å²) in [5.41, 5.74) is 0. The number of rotatable bonds is 3. The summed E-state index contributed by atoms with van der Waals surface area (Å²) >= 11 is 0. The van der Waals surface area contributed by atoms with E-state index in [1.54, 1.807) is 6.92 Å². The molecular formula is C8H18O3. The molecule has 0 heterocycles. The van der Waals surface area contributed by atoms with Gasteiger partial charge >= 0.3 is 5.97 Å². The third kappa shape index (κ3) is 17.7. The van der Waals surface area contributed by atoms with Crippen molar-refractivity contribution in [1.82, 2.24) is 0 Å². The van der Waals surface area contributed by atoms with Crippen molar-refractivity contribution >= 4 is 5.97 Å². The largest absolute Gasteiger partial charge is 0.481 e. The second-order valence-electron chi connectivity index (χ2n) is 2.37. The Bertz CT molecular complexity index is 91.3. The normalized spacial score (nSPS) is 11.3. The monoisotopic (exact) mass is 162 g/mol. The van der Waals surface area contributed by atoms with Gasteiger partial charge in [0.05, 0.1) is 12.5 Å². The number of carbonyl (C=O) groups is 1. The molecule has 1 atom stereocenters. The highest BCUT2D eigenvalue weighted by molar-refractivity contribution is 5.67. The molecule has 0 bridgehead atoms. The summed E-state index contributed by atoms with van der Waals surface area (Å²) in [5, 5.41) is 16.7. The van der Waals surface area contributed by atoms with E-state index in [1.807, 2.05) is 0 Å². The highest BCUT2D eigenvalue weighted by Gasteiger charge is 2.04. The van der Waals surface area contributed by atoms with Crippen LogP contribution in [-0.2, 0) is 4.79 Å². The molecule has 0 amide bonds. The van der Waals surface area contributed by atoms with Gasteiger partial charge in [-0.1, -0.05) is 27.2 Å². The van der Waals surface area contributed by atoms with Gasteiger partial charge in [-0.15, -0.1) is 0 Å². The van der Waals surface area contributed by atoms with Crippen LogP contribution >= 0.6 is 0 Å². The van der Waals surface area contributed by atoms with Crippen LogP contribution in [0.1, 0.15) is 40.0 Å². The minimum absolute atomic E-state index is 0.142. The second kappa shape index (κ2) is 9.43. The molecule has 0 aromatic heterocycles. The molecule has 3 heteroatoms. The van der Waals surface area contributed by atoms with Crippen LogP contribution in [0.15, 0.2) is 0 Å². The molecular weight excluding hydrogens is 144 g/mol.